The number of hydrogen-bond donors (Lipinski definition) is 1. The minimum Gasteiger partial charge on any atom is -0.307 e. The first-order valence-corrected chi connectivity index (χ1v) is 8.91. The second-order valence-electron chi connectivity index (χ2n) is 5.47. The summed E-state index contributed by atoms with van der Waals surface area (Å²) in [6.07, 6.45) is 6.40. The van der Waals surface area contributed by atoms with Gasteiger partial charge in [-0.2, -0.15) is 9.40 Å². The highest BCUT2D eigenvalue weighted by Gasteiger charge is 2.26. The highest BCUT2D eigenvalue weighted by Crippen LogP contribution is 2.23. The normalized spacial score (nSPS) is 15.2. The Bertz CT molecular complexity index is 859. The summed E-state index contributed by atoms with van der Waals surface area (Å²) in [5.74, 6) is 0.312. The molecule has 1 N–H and O–H groups in total. The third-order valence-corrected chi connectivity index (χ3v) is 5.13. The fourth-order valence-electron chi connectivity index (χ4n) is 2.63. The lowest BCUT2D eigenvalue weighted by Gasteiger charge is -2.27. The molecule has 0 fully saturated rings. The molecule has 122 valence electrons. The van der Waals surface area contributed by atoms with Crippen LogP contribution in [0.15, 0.2) is 24.7 Å². The van der Waals surface area contributed by atoms with E-state index in [4.69, 9.17) is 0 Å². The molecule has 0 saturated heterocycles. The van der Waals surface area contributed by atoms with Crippen LogP contribution in [0.5, 0.6) is 0 Å². The lowest BCUT2D eigenvalue weighted by molar-refractivity contribution is 0.102. The Morgan fingerprint density at radius 2 is 2.13 bits per heavy atom. The molecular weight excluding hydrogens is 318 g/mol. The quantitative estimate of drug-likeness (QED) is 0.875. The van der Waals surface area contributed by atoms with E-state index in [-0.39, 0.29) is 12.5 Å². The second kappa shape index (κ2) is 5.74. The Hall–Kier alpha value is -2.26. The summed E-state index contributed by atoms with van der Waals surface area (Å²) in [5, 5.41) is 6.79. The van der Waals surface area contributed by atoms with Gasteiger partial charge in [0.05, 0.1) is 18.0 Å². The number of carbonyl (C=O) groups is 1. The molecule has 0 spiro atoms. The van der Waals surface area contributed by atoms with Crippen LogP contribution in [0.1, 0.15) is 21.5 Å². The number of hydrogen-bond acceptors (Lipinski definition) is 5. The molecule has 2 aromatic heterocycles. The van der Waals surface area contributed by atoms with Gasteiger partial charge in [-0.25, -0.2) is 8.42 Å². The molecule has 9 heteroatoms. The van der Waals surface area contributed by atoms with Crippen molar-refractivity contribution in [1.82, 2.24) is 19.1 Å². The van der Waals surface area contributed by atoms with Crippen LogP contribution in [0, 0.1) is 0 Å². The summed E-state index contributed by atoms with van der Waals surface area (Å²) in [4.78, 5) is 16.6. The smallest absolute Gasteiger partial charge is 0.258 e. The number of fused-ring (bicyclic) bond motifs is 1. The zero-order valence-electron chi connectivity index (χ0n) is 12.9. The van der Waals surface area contributed by atoms with Gasteiger partial charge in [-0.3, -0.25) is 14.5 Å². The van der Waals surface area contributed by atoms with Gasteiger partial charge in [-0.1, -0.05) is 0 Å². The van der Waals surface area contributed by atoms with Crippen molar-refractivity contribution < 1.29 is 13.2 Å². The lowest BCUT2D eigenvalue weighted by atomic mass is 9.98. The molecule has 1 aliphatic heterocycles. The molecule has 0 radical (unpaired) electrons. The maximum Gasteiger partial charge on any atom is 0.258 e. The molecule has 0 unspecified atom stereocenters. The highest BCUT2D eigenvalue weighted by molar-refractivity contribution is 7.88. The number of amides is 1. The molecule has 3 heterocycles. The van der Waals surface area contributed by atoms with Gasteiger partial charge < -0.3 is 5.32 Å². The first kappa shape index (κ1) is 15.6. The number of anilines is 1. The predicted molar refractivity (Wildman–Crippen MR) is 84.4 cm³/mol. The third kappa shape index (κ3) is 3.10. The summed E-state index contributed by atoms with van der Waals surface area (Å²) in [7, 11) is -1.52. The van der Waals surface area contributed by atoms with Gasteiger partial charge >= 0.3 is 0 Å². The maximum atomic E-state index is 12.5. The van der Waals surface area contributed by atoms with Crippen molar-refractivity contribution in [1.29, 1.82) is 0 Å². The van der Waals surface area contributed by atoms with Gasteiger partial charge in [0.1, 0.15) is 5.82 Å². The van der Waals surface area contributed by atoms with Crippen LogP contribution in [0.3, 0.4) is 0 Å². The average Bonchev–Trinajstić information content (AvgIpc) is 2.90. The Morgan fingerprint density at radius 1 is 1.35 bits per heavy atom. The van der Waals surface area contributed by atoms with Crippen LogP contribution in [0.4, 0.5) is 5.82 Å². The Kier molecular flexibility index (Phi) is 3.90. The van der Waals surface area contributed by atoms with E-state index in [1.807, 2.05) is 0 Å². The van der Waals surface area contributed by atoms with Crippen LogP contribution in [0.2, 0.25) is 0 Å². The molecule has 0 bridgehead atoms. The monoisotopic (exact) mass is 335 g/mol. The summed E-state index contributed by atoms with van der Waals surface area (Å²) >= 11 is 0. The van der Waals surface area contributed by atoms with E-state index >= 15 is 0 Å². The first-order valence-electron chi connectivity index (χ1n) is 7.06. The van der Waals surface area contributed by atoms with Crippen molar-refractivity contribution in [3.05, 3.63) is 41.3 Å². The molecule has 1 aliphatic rings. The van der Waals surface area contributed by atoms with Gasteiger partial charge in [0, 0.05) is 38.6 Å². The number of nitrogens with zero attached hydrogens (tertiary/aromatic N) is 4. The Balaban J connectivity index is 1.88. The van der Waals surface area contributed by atoms with Crippen LogP contribution >= 0.6 is 0 Å². The van der Waals surface area contributed by atoms with Crippen molar-refractivity contribution in [3.63, 3.8) is 0 Å². The van der Waals surface area contributed by atoms with Crippen molar-refractivity contribution in [2.45, 2.75) is 13.0 Å². The van der Waals surface area contributed by atoms with Gasteiger partial charge in [0.25, 0.3) is 5.91 Å². The van der Waals surface area contributed by atoms with Crippen LogP contribution in [-0.2, 0) is 30.0 Å². The number of aryl methyl sites for hydroxylation is 1. The number of aromatic nitrogens is 3. The van der Waals surface area contributed by atoms with E-state index in [1.54, 1.807) is 30.2 Å². The molecule has 8 nitrogen and oxygen atoms in total. The minimum absolute atomic E-state index is 0.244. The van der Waals surface area contributed by atoms with Crippen molar-refractivity contribution in [2.75, 3.05) is 18.1 Å². The number of rotatable bonds is 3. The maximum absolute atomic E-state index is 12.5. The summed E-state index contributed by atoms with van der Waals surface area (Å²) < 4.78 is 26.3. The number of pyridine rings is 1. The van der Waals surface area contributed by atoms with E-state index in [9.17, 15) is 13.2 Å². The van der Waals surface area contributed by atoms with Gasteiger partial charge in [0.2, 0.25) is 10.0 Å². The molecular formula is C14H17N5O3S. The second-order valence-corrected chi connectivity index (χ2v) is 7.45. The third-order valence-electron chi connectivity index (χ3n) is 3.88. The van der Waals surface area contributed by atoms with E-state index in [0.717, 1.165) is 11.1 Å². The minimum atomic E-state index is -3.25. The Morgan fingerprint density at radius 3 is 2.78 bits per heavy atom. The van der Waals surface area contributed by atoms with E-state index < -0.39 is 10.0 Å². The number of carbonyl (C=O) groups excluding carboxylic acids is 1. The highest BCUT2D eigenvalue weighted by atomic mass is 32.2. The summed E-state index contributed by atoms with van der Waals surface area (Å²) in [6.45, 7) is 0.607. The SMILES string of the molecule is Cn1nccc1NC(=O)c1cncc2c1CCN(S(C)(=O)=O)C2. The average molecular weight is 335 g/mol. The zero-order chi connectivity index (χ0) is 16.6. The molecule has 2 aromatic rings. The predicted octanol–water partition coefficient (Wildman–Crippen LogP) is 0.385. The van der Waals surface area contributed by atoms with Crippen molar-refractivity contribution in [2.24, 2.45) is 7.05 Å². The summed E-state index contributed by atoms with van der Waals surface area (Å²) in [5.41, 5.74) is 2.08. The fourth-order valence-corrected chi connectivity index (χ4v) is 3.42. The fraction of sp³-hybridized carbons (Fsp3) is 0.357. The van der Waals surface area contributed by atoms with Crippen LogP contribution in [0.25, 0.3) is 0 Å². The molecule has 0 aromatic carbocycles. The lowest BCUT2D eigenvalue weighted by Crippen LogP contribution is -2.36. The molecule has 0 atom stereocenters. The number of nitrogens with one attached hydrogen (secondary N) is 1. The topological polar surface area (TPSA) is 97.2 Å². The molecule has 3 rings (SSSR count). The molecule has 1 amide bonds. The van der Waals surface area contributed by atoms with Crippen LogP contribution in [-0.4, -0.2) is 46.2 Å². The van der Waals surface area contributed by atoms with E-state index in [2.05, 4.69) is 15.4 Å². The molecule has 0 saturated carbocycles. The van der Waals surface area contributed by atoms with Crippen molar-refractivity contribution in [3.8, 4) is 0 Å². The standard InChI is InChI=1S/C14H17N5O3S/c1-18-13(3-5-16-18)17-14(20)12-8-15-7-10-9-19(23(2,21)22)6-4-11(10)12/h3,5,7-8H,4,6,9H2,1-2H3,(H,17,20). The zero-order valence-corrected chi connectivity index (χ0v) is 13.7. The van der Waals surface area contributed by atoms with Gasteiger partial charge in [0.15, 0.2) is 0 Å². The molecule has 0 aliphatic carbocycles. The van der Waals surface area contributed by atoms with Gasteiger partial charge in [-0.15, -0.1) is 0 Å². The number of sulfonamides is 1. The van der Waals surface area contributed by atoms with Crippen molar-refractivity contribution >= 4 is 21.7 Å². The summed E-state index contributed by atoms with van der Waals surface area (Å²) in [6, 6.07) is 1.70. The Labute approximate surface area is 134 Å². The van der Waals surface area contributed by atoms with Crippen LogP contribution < -0.4 is 5.32 Å². The van der Waals surface area contributed by atoms with Gasteiger partial charge in [-0.05, 0) is 17.5 Å². The largest absolute Gasteiger partial charge is 0.307 e. The first-order chi connectivity index (χ1) is 10.9. The van der Waals surface area contributed by atoms with E-state index in [0.29, 0.717) is 24.3 Å². The molecule has 23 heavy (non-hydrogen) atoms. The van der Waals surface area contributed by atoms with E-state index in [1.165, 1.54) is 16.8 Å².